The van der Waals surface area contributed by atoms with Crippen LogP contribution in [-0.4, -0.2) is 72.9 Å². The smallest absolute Gasteiger partial charge is 0.259 e. The van der Waals surface area contributed by atoms with Crippen LogP contribution >= 0.6 is 0 Å². The van der Waals surface area contributed by atoms with Gasteiger partial charge in [0, 0.05) is 19.4 Å². The lowest BCUT2D eigenvalue weighted by Crippen LogP contribution is -2.64. The van der Waals surface area contributed by atoms with Crippen molar-refractivity contribution in [2.45, 2.75) is 56.2 Å². The average molecular weight is 521 g/mol. The second-order valence-corrected chi connectivity index (χ2v) is 11.0. The van der Waals surface area contributed by atoms with Crippen LogP contribution in [0.2, 0.25) is 0 Å². The Kier molecular flexibility index (Phi) is 9.36. The summed E-state index contributed by atoms with van der Waals surface area (Å²) in [5.74, 6) is 10.4. The number of aliphatic hydroxyl groups is 1. The third-order valence-corrected chi connectivity index (χ3v) is 9.18. The molecule has 1 aliphatic carbocycles. The average Bonchev–Trinajstić information content (AvgIpc) is 3.42. The van der Waals surface area contributed by atoms with Crippen molar-refractivity contribution in [3.63, 3.8) is 0 Å². The molecule has 2 unspecified atom stereocenters. The van der Waals surface area contributed by atoms with E-state index in [1.54, 1.807) is 13.0 Å². The summed E-state index contributed by atoms with van der Waals surface area (Å²) >= 11 is 0. The summed E-state index contributed by atoms with van der Waals surface area (Å²) in [6.45, 7) is 2.82. The Hall–Kier alpha value is -2.64. The number of unbranched alkanes of at least 4 members (excludes halogenated alkanes) is 1. The number of amides is 1. The SMILES string of the molecule is CC1=C(CC=O)C(S(=O)(=O)N(N)C(=O)CCCCN=CNN)C(CO)(N2CCCC2)c2ccccc21. The molecule has 1 saturated heterocycles. The molecule has 0 aromatic heterocycles. The van der Waals surface area contributed by atoms with Crippen LogP contribution in [0.5, 0.6) is 0 Å². The zero-order valence-electron chi connectivity index (χ0n) is 20.6. The summed E-state index contributed by atoms with van der Waals surface area (Å²) in [5.41, 5.74) is 3.32. The van der Waals surface area contributed by atoms with Crippen molar-refractivity contribution in [1.29, 1.82) is 0 Å². The molecule has 3 rings (SSSR count). The summed E-state index contributed by atoms with van der Waals surface area (Å²) in [5, 5.41) is 9.53. The number of benzene rings is 1. The molecule has 2 aliphatic rings. The number of allylic oxidation sites excluding steroid dienone is 1. The largest absolute Gasteiger partial charge is 0.394 e. The second kappa shape index (κ2) is 12.1. The lowest BCUT2D eigenvalue weighted by Gasteiger charge is -2.50. The summed E-state index contributed by atoms with van der Waals surface area (Å²) < 4.78 is 28.6. The van der Waals surface area contributed by atoms with E-state index in [1.165, 1.54) is 6.34 Å². The minimum Gasteiger partial charge on any atom is -0.394 e. The van der Waals surface area contributed by atoms with E-state index in [-0.39, 0.29) is 12.8 Å². The van der Waals surface area contributed by atoms with Crippen LogP contribution in [0.15, 0.2) is 34.8 Å². The summed E-state index contributed by atoms with van der Waals surface area (Å²) in [4.78, 5) is 30.6. The highest BCUT2D eigenvalue weighted by Crippen LogP contribution is 2.50. The van der Waals surface area contributed by atoms with Gasteiger partial charge in [0.1, 0.15) is 11.5 Å². The first-order valence-corrected chi connectivity index (χ1v) is 13.6. The van der Waals surface area contributed by atoms with Gasteiger partial charge in [0.15, 0.2) is 0 Å². The van der Waals surface area contributed by atoms with Gasteiger partial charge in [-0.2, -0.15) is 4.41 Å². The van der Waals surface area contributed by atoms with Gasteiger partial charge in [-0.05, 0) is 68.0 Å². The number of aliphatic imine (C=N–C) groups is 1. The molecule has 0 saturated carbocycles. The van der Waals surface area contributed by atoms with Gasteiger partial charge in [0.25, 0.3) is 15.9 Å². The first kappa shape index (κ1) is 27.9. The van der Waals surface area contributed by atoms with E-state index in [1.807, 2.05) is 23.1 Å². The van der Waals surface area contributed by atoms with Crippen LogP contribution in [0.4, 0.5) is 0 Å². The van der Waals surface area contributed by atoms with Crippen LogP contribution in [-0.2, 0) is 25.2 Å². The van der Waals surface area contributed by atoms with E-state index in [4.69, 9.17) is 11.7 Å². The molecule has 6 N–H and O–H groups in total. The zero-order valence-corrected chi connectivity index (χ0v) is 21.4. The number of carbonyl (C=O) groups is 2. The standard InChI is InChI=1S/C24H36N6O5S/c1-18-19-8-2-3-9-21(19)24(16-32,29-13-6-7-14-29)23(20(18)11-15-31)36(34,35)30(26)22(33)10-4-5-12-27-17-28-25/h2-3,8-9,15,17,23,32H,4-7,10-14,16,25-26H2,1H3,(H,27,28). The van der Waals surface area contributed by atoms with Gasteiger partial charge in [0.2, 0.25) is 0 Å². The molecule has 1 aromatic carbocycles. The number of nitrogens with one attached hydrogen (secondary N) is 1. The fourth-order valence-corrected chi connectivity index (χ4v) is 7.52. The zero-order chi connectivity index (χ0) is 26.3. The lowest BCUT2D eigenvalue weighted by atomic mass is 9.72. The predicted molar refractivity (Wildman–Crippen MR) is 138 cm³/mol. The molecule has 1 amide bonds. The minimum absolute atomic E-state index is 0.0911. The lowest BCUT2D eigenvalue weighted by molar-refractivity contribution is -0.126. The van der Waals surface area contributed by atoms with Crippen LogP contribution < -0.4 is 17.1 Å². The summed E-state index contributed by atoms with van der Waals surface area (Å²) in [6.07, 6.45) is 4.34. The van der Waals surface area contributed by atoms with Crippen LogP contribution in [0, 0.1) is 0 Å². The van der Waals surface area contributed by atoms with Gasteiger partial charge in [-0.3, -0.25) is 14.7 Å². The molecule has 12 heteroatoms. The van der Waals surface area contributed by atoms with E-state index in [0.717, 1.165) is 18.4 Å². The normalized spacial score (nSPS) is 22.6. The van der Waals surface area contributed by atoms with Gasteiger partial charge in [0.05, 0.1) is 18.5 Å². The molecule has 198 valence electrons. The highest BCUT2D eigenvalue weighted by Gasteiger charge is 2.58. The van der Waals surface area contributed by atoms with E-state index in [0.29, 0.717) is 59.9 Å². The number of hydrogen-bond donors (Lipinski definition) is 4. The summed E-state index contributed by atoms with van der Waals surface area (Å²) in [7, 11) is -4.53. The first-order chi connectivity index (χ1) is 17.3. The molecule has 1 heterocycles. The first-order valence-electron chi connectivity index (χ1n) is 12.1. The van der Waals surface area contributed by atoms with E-state index in [9.17, 15) is 23.1 Å². The van der Waals surface area contributed by atoms with E-state index < -0.39 is 33.3 Å². The molecule has 36 heavy (non-hydrogen) atoms. The van der Waals surface area contributed by atoms with E-state index >= 15 is 0 Å². The van der Waals surface area contributed by atoms with Gasteiger partial charge in [-0.1, -0.05) is 24.3 Å². The van der Waals surface area contributed by atoms with Gasteiger partial charge in [-0.15, -0.1) is 0 Å². The van der Waals surface area contributed by atoms with Crippen molar-refractivity contribution in [2.75, 3.05) is 26.2 Å². The topological polar surface area (TPSA) is 171 Å². The molecule has 0 spiro atoms. The number of hydrogen-bond acceptors (Lipinski definition) is 9. The van der Waals surface area contributed by atoms with Crippen molar-refractivity contribution in [2.24, 2.45) is 16.7 Å². The molecule has 1 aromatic rings. The predicted octanol–water partition coefficient (Wildman–Crippen LogP) is 0.409. The molecule has 1 fully saturated rings. The molecule has 0 radical (unpaired) electrons. The molecular formula is C24H36N6O5S. The third kappa shape index (κ3) is 5.09. The molecule has 1 aliphatic heterocycles. The maximum absolute atomic E-state index is 14.1. The van der Waals surface area contributed by atoms with Gasteiger partial charge >= 0.3 is 0 Å². The second-order valence-electron chi connectivity index (χ2n) is 9.12. The van der Waals surface area contributed by atoms with Crippen molar-refractivity contribution in [3.8, 4) is 0 Å². The summed E-state index contributed by atoms with van der Waals surface area (Å²) in [6, 6.07) is 7.32. The molecule has 0 bridgehead atoms. The highest BCUT2D eigenvalue weighted by atomic mass is 32.2. The number of fused-ring (bicyclic) bond motifs is 1. The number of nitrogens with zero attached hydrogens (tertiary/aromatic N) is 3. The number of rotatable bonds is 12. The molecule has 2 atom stereocenters. The number of likely N-dealkylation sites (tertiary alicyclic amines) is 1. The maximum Gasteiger partial charge on any atom is 0.259 e. The maximum atomic E-state index is 14.1. The number of aldehydes is 1. The Bertz CT molecular complexity index is 1120. The fraction of sp³-hybridized carbons (Fsp3) is 0.542. The number of aliphatic hydroxyl groups excluding tert-OH is 1. The van der Waals surface area contributed by atoms with Crippen molar-refractivity contribution in [1.82, 2.24) is 14.7 Å². The Morgan fingerprint density at radius 1 is 1.31 bits per heavy atom. The van der Waals surface area contributed by atoms with E-state index in [2.05, 4.69) is 10.4 Å². The van der Waals surface area contributed by atoms with Gasteiger partial charge in [-0.25, -0.2) is 20.1 Å². The third-order valence-electron chi connectivity index (χ3n) is 7.16. The van der Waals surface area contributed by atoms with Crippen LogP contribution in [0.25, 0.3) is 5.57 Å². The molecular weight excluding hydrogens is 484 g/mol. The highest BCUT2D eigenvalue weighted by molar-refractivity contribution is 7.90. The van der Waals surface area contributed by atoms with Crippen LogP contribution in [0.3, 0.4) is 0 Å². The monoisotopic (exact) mass is 520 g/mol. The van der Waals surface area contributed by atoms with Gasteiger partial charge < -0.3 is 15.3 Å². The number of sulfonamides is 1. The Morgan fingerprint density at radius 3 is 2.64 bits per heavy atom. The Labute approximate surface area is 212 Å². The van der Waals surface area contributed by atoms with Crippen molar-refractivity contribution in [3.05, 3.63) is 41.0 Å². The minimum atomic E-state index is -4.53. The number of carbonyl (C=O) groups excluding carboxylic acids is 2. The van der Waals surface area contributed by atoms with Crippen molar-refractivity contribution >= 4 is 34.1 Å². The number of nitrogens with two attached hydrogens (primary N) is 2. The van der Waals surface area contributed by atoms with Crippen molar-refractivity contribution < 1.29 is 23.1 Å². The number of hydrazine groups is 2. The Balaban J connectivity index is 2.06. The Morgan fingerprint density at radius 2 is 2.00 bits per heavy atom. The van der Waals surface area contributed by atoms with Crippen LogP contribution in [0.1, 0.15) is 56.6 Å². The quantitative estimate of drug-likeness (QED) is 0.0579. The fourth-order valence-electron chi connectivity index (χ4n) is 5.45. The molecule has 11 nitrogen and oxygen atoms in total.